The van der Waals surface area contributed by atoms with Gasteiger partial charge in [-0.2, -0.15) is 0 Å². The molecule has 1 aliphatic rings. The summed E-state index contributed by atoms with van der Waals surface area (Å²) < 4.78 is 2.04. The number of fused-ring (bicyclic) bond motifs is 1. The summed E-state index contributed by atoms with van der Waals surface area (Å²) in [4.78, 5) is 14.3. The quantitative estimate of drug-likeness (QED) is 0.809. The van der Waals surface area contributed by atoms with E-state index in [4.69, 9.17) is 0 Å². The van der Waals surface area contributed by atoms with Crippen LogP contribution >= 0.6 is 0 Å². The lowest BCUT2D eigenvalue weighted by Crippen LogP contribution is -2.35. The zero-order valence-corrected chi connectivity index (χ0v) is 10.7. The van der Waals surface area contributed by atoms with Gasteiger partial charge in [0.1, 0.15) is 6.54 Å². The third-order valence-corrected chi connectivity index (χ3v) is 3.63. The molecule has 3 rings (SSSR count). The number of nitrogens with zero attached hydrogens (tertiary/aromatic N) is 2. The molecule has 3 nitrogen and oxygen atoms in total. The van der Waals surface area contributed by atoms with Crippen LogP contribution in [0.3, 0.4) is 0 Å². The van der Waals surface area contributed by atoms with Crippen molar-refractivity contribution in [3.8, 4) is 0 Å². The number of benzene rings is 1. The smallest absolute Gasteiger partial charge is 0.242 e. The van der Waals surface area contributed by atoms with Crippen LogP contribution in [0.5, 0.6) is 0 Å². The number of hydrogen-bond donors (Lipinski definition) is 0. The molecule has 1 aromatic carbocycles. The summed E-state index contributed by atoms with van der Waals surface area (Å²) >= 11 is 0. The predicted molar refractivity (Wildman–Crippen MR) is 72.3 cm³/mol. The van der Waals surface area contributed by atoms with E-state index >= 15 is 0 Å². The second-order valence-electron chi connectivity index (χ2n) is 4.91. The highest BCUT2D eigenvalue weighted by molar-refractivity contribution is 5.83. The molecule has 1 aromatic heterocycles. The SMILES string of the molecule is CCN(C(=O)Cn1ccc2ccccc21)C1CC1. The van der Waals surface area contributed by atoms with Crippen molar-refractivity contribution in [2.24, 2.45) is 0 Å². The number of para-hydroxylation sites is 1. The van der Waals surface area contributed by atoms with E-state index in [2.05, 4.69) is 25.1 Å². The van der Waals surface area contributed by atoms with Gasteiger partial charge in [-0.25, -0.2) is 0 Å². The molecule has 0 unspecified atom stereocenters. The van der Waals surface area contributed by atoms with Crippen LogP contribution in [0.1, 0.15) is 19.8 Å². The molecule has 0 spiro atoms. The Morgan fingerprint density at radius 2 is 2.11 bits per heavy atom. The van der Waals surface area contributed by atoms with Gasteiger partial charge in [0, 0.05) is 24.3 Å². The fourth-order valence-corrected chi connectivity index (χ4v) is 2.54. The van der Waals surface area contributed by atoms with Crippen LogP contribution in [0.2, 0.25) is 0 Å². The monoisotopic (exact) mass is 242 g/mol. The predicted octanol–water partition coefficient (Wildman–Crippen LogP) is 2.65. The molecule has 1 aliphatic carbocycles. The molecule has 0 bridgehead atoms. The molecule has 1 amide bonds. The average molecular weight is 242 g/mol. The molecule has 0 radical (unpaired) electrons. The first-order valence-electron chi connectivity index (χ1n) is 6.63. The fraction of sp³-hybridized carbons (Fsp3) is 0.400. The molecule has 2 aromatic rings. The van der Waals surface area contributed by atoms with E-state index in [1.165, 1.54) is 18.2 Å². The first-order chi connectivity index (χ1) is 8.79. The van der Waals surface area contributed by atoms with Crippen LogP contribution in [-0.4, -0.2) is 28.0 Å². The number of amides is 1. The standard InChI is InChI=1S/C15H18N2O/c1-2-17(13-7-8-13)15(18)11-16-10-9-12-5-3-4-6-14(12)16/h3-6,9-10,13H,2,7-8,11H2,1H3. The van der Waals surface area contributed by atoms with Gasteiger partial charge >= 0.3 is 0 Å². The number of carbonyl (C=O) groups excluding carboxylic acids is 1. The van der Waals surface area contributed by atoms with Crippen molar-refractivity contribution in [1.29, 1.82) is 0 Å². The topological polar surface area (TPSA) is 25.2 Å². The maximum absolute atomic E-state index is 12.3. The Morgan fingerprint density at radius 1 is 1.33 bits per heavy atom. The second kappa shape index (κ2) is 4.48. The highest BCUT2D eigenvalue weighted by atomic mass is 16.2. The number of rotatable bonds is 4. The molecule has 18 heavy (non-hydrogen) atoms. The van der Waals surface area contributed by atoms with Gasteiger partial charge in [-0.3, -0.25) is 4.79 Å². The molecule has 1 saturated carbocycles. The molecule has 3 heteroatoms. The largest absolute Gasteiger partial charge is 0.338 e. The highest BCUT2D eigenvalue weighted by Gasteiger charge is 2.31. The van der Waals surface area contributed by atoms with E-state index in [9.17, 15) is 4.79 Å². The summed E-state index contributed by atoms with van der Waals surface area (Å²) in [7, 11) is 0. The molecule has 94 valence electrons. The van der Waals surface area contributed by atoms with Gasteiger partial charge in [-0.15, -0.1) is 0 Å². The van der Waals surface area contributed by atoms with E-state index in [1.54, 1.807) is 0 Å². The normalized spacial score (nSPS) is 14.9. The Kier molecular flexibility index (Phi) is 2.82. The van der Waals surface area contributed by atoms with Gasteiger partial charge in [-0.1, -0.05) is 18.2 Å². The lowest BCUT2D eigenvalue weighted by Gasteiger charge is -2.20. The van der Waals surface area contributed by atoms with Gasteiger partial charge < -0.3 is 9.47 Å². The van der Waals surface area contributed by atoms with E-state index in [1.807, 2.05) is 27.8 Å². The fourth-order valence-electron chi connectivity index (χ4n) is 2.54. The molecule has 1 fully saturated rings. The second-order valence-corrected chi connectivity index (χ2v) is 4.91. The lowest BCUT2D eigenvalue weighted by molar-refractivity contribution is -0.132. The minimum absolute atomic E-state index is 0.237. The summed E-state index contributed by atoms with van der Waals surface area (Å²) in [5.41, 5.74) is 1.14. The van der Waals surface area contributed by atoms with Gasteiger partial charge in [0.15, 0.2) is 0 Å². The van der Waals surface area contributed by atoms with Crippen molar-refractivity contribution in [2.45, 2.75) is 32.4 Å². The van der Waals surface area contributed by atoms with Crippen LogP contribution in [0.15, 0.2) is 36.5 Å². The van der Waals surface area contributed by atoms with Crippen LogP contribution < -0.4 is 0 Å². The summed E-state index contributed by atoms with van der Waals surface area (Å²) in [6.07, 6.45) is 4.35. The first-order valence-corrected chi connectivity index (χ1v) is 6.63. The van der Waals surface area contributed by atoms with Crippen LogP contribution in [-0.2, 0) is 11.3 Å². The molecule has 0 atom stereocenters. The number of aromatic nitrogens is 1. The molecular weight excluding hydrogens is 224 g/mol. The minimum atomic E-state index is 0.237. The minimum Gasteiger partial charge on any atom is -0.338 e. The van der Waals surface area contributed by atoms with Crippen molar-refractivity contribution in [3.63, 3.8) is 0 Å². The molecule has 0 N–H and O–H groups in total. The number of likely N-dealkylation sites (N-methyl/N-ethyl adjacent to an activating group) is 1. The Balaban J connectivity index is 1.81. The van der Waals surface area contributed by atoms with Crippen molar-refractivity contribution in [2.75, 3.05) is 6.54 Å². The Hall–Kier alpha value is -1.77. The Morgan fingerprint density at radius 3 is 2.83 bits per heavy atom. The van der Waals surface area contributed by atoms with Gasteiger partial charge in [-0.05, 0) is 37.3 Å². The summed E-state index contributed by atoms with van der Waals surface area (Å²) in [6.45, 7) is 3.34. The molecule has 0 aliphatic heterocycles. The van der Waals surface area contributed by atoms with Gasteiger partial charge in [0.05, 0.1) is 0 Å². The molecular formula is C15H18N2O. The van der Waals surface area contributed by atoms with Crippen molar-refractivity contribution in [3.05, 3.63) is 36.5 Å². The van der Waals surface area contributed by atoms with Crippen molar-refractivity contribution in [1.82, 2.24) is 9.47 Å². The summed E-state index contributed by atoms with van der Waals surface area (Å²) in [5.74, 6) is 0.237. The third-order valence-electron chi connectivity index (χ3n) is 3.63. The summed E-state index contributed by atoms with van der Waals surface area (Å²) in [5, 5.41) is 1.19. The Labute approximate surface area is 107 Å². The summed E-state index contributed by atoms with van der Waals surface area (Å²) in [6, 6.07) is 10.8. The highest BCUT2D eigenvalue weighted by Crippen LogP contribution is 2.27. The molecule has 1 heterocycles. The van der Waals surface area contributed by atoms with Crippen LogP contribution in [0, 0.1) is 0 Å². The average Bonchev–Trinajstić information content (AvgIpc) is 3.13. The number of carbonyl (C=O) groups is 1. The van der Waals surface area contributed by atoms with Gasteiger partial charge in [0.25, 0.3) is 0 Å². The zero-order chi connectivity index (χ0) is 12.5. The lowest BCUT2D eigenvalue weighted by atomic mass is 10.2. The van der Waals surface area contributed by atoms with Crippen LogP contribution in [0.4, 0.5) is 0 Å². The maximum Gasteiger partial charge on any atom is 0.242 e. The van der Waals surface area contributed by atoms with E-state index in [-0.39, 0.29) is 5.91 Å². The van der Waals surface area contributed by atoms with E-state index in [0.717, 1.165) is 12.1 Å². The zero-order valence-electron chi connectivity index (χ0n) is 10.7. The first kappa shape index (κ1) is 11.3. The van der Waals surface area contributed by atoms with E-state index in [0.29, 0.717) is 12.6 Å². The van der Waals surface area contributed by atoms with Gasteiger partial charge in [0.2, 0.25) is 5.91 Å². The third kappa shape index (κ3) is 2.01. The van der Waals surface area contributed by atoms with Crippen LogP contribution in [0.25, 0.3) is 10.9 Å². The van der Waals surface area contributed by atoms with E-state index < -0.39 is 0 Å². The molecule has 0 saturated heterocycles. The Bertz CT molecular complexity index is 569. The van der Waals surface area contributed by atoms with Crippen molar-refractivity contribution >= 4 is 16.8 Å². The van der Waals surface area contributed by atoms with Crippen molar-refractivity contribution < 1.29 is 4.79 Å². The maximum atomic E-state index is 12.3. The number of hydrogen-bond acceptors (Lipinski definition) is 1.